The summed E-state index contributed by atoms with van der Waals surface area (Å²) in [6, 6.07) is 7.29. The number of nitrogens with two attached hydrogens (primary N) is 1. The van der Waals surface area contributed by atoms with Gasteiger partial charge in [0.15, 0.2) is 5.76 Å². The second-order valence-corrected chi connectivity index (χ2v) is 4.65. The molecule has 0 fully saturated rings. The molecule has 1 heterocycles. The minimum atomic E-state index is -0.169. The molecule has 5 heteroatoms. The van der Waals surface area contributed by atoms with E-state index < -0.39 is 0 Å². The largest absolute Gasteiger partial charge is 0.359 e. The van der Waals surface area contributed by atoms with Crippen molar-refractivity contribution in [3.8, 4) is 11.8 Å². The molecule has 3 N–H and O–H groups in total. The van der Waals surface area contributed by atoms with Crippen LogP contribution in [0.15, 0.2) is 28.8 Å². The van der Waals surface area contributed by atoms with Crippen molar-refractivity contribution in [1.82, 2.24) is 10.5 Å². The average molecular weight is 283 g/mol. The maximum atomic E-state index is 12.2. The predicted molar refractivity (Wildman–Crippen MR) is 79.5 cm³/mol. The maximum absolute atomic E-state index is 12.2. The maximum Gasteiger partial charge on any atom is 0.251 e. The van der Waals surface area contributed by atoms with Crippen LogP contribution in [-0.2, 0) is 6.54 Å². The van der Waals surface area contributed by atoms with Gasteiger partial charge in [-0.15, -0.1) is 0 Å². The number of aryl methyl sites for hydroxylation is 2. The second-order valence-electron chi connectivity index (χ2n) is 4.65. The van der Waals surface area contributed by atoms with Gasteiger partial charge in [-0.3, -0.25) is 4.79 Å². The zero-order chi connectivity index (χ0) is 15.2. The van der Waals surface area contributed by atoms with Crippen LogP contribution in [0.4, 0.5) is 0 Å². The van der Waals surface area contributed by atoms with Gasteiger partial charge in [-0.25, -0.2) is 0 Å². The monoisotopic (exact) mass is 283 g/mol. The highest BCUT2D eigenvalue weighted by atomic mass is 16.5. The van der Waals surface area contributed by atoms with Crippen molar-refractivity contribution in [3.63, 3.8) is 0 Å². The second kappa shape index (κ2) is 6.73. The van der Waals surface area contributed by atoms with Crippen LogP contribution < -0.4 is 11.1 Å². The quantitative estimate of drug-likeness (QED) is 0.837. The number of aromatic nitrogens is 1. The summed E-state index contributed by atoms with van der Waals surface area (Å²) in [5, 5.41) is 6.58. The minimum Gasteiger partial charge on any atom is -0.359 e. The summed E-state index contributed by atoms with van der Waals surface area (Å²) in [7, 11) is 0. The molecule has 0 aliphatic rings. The zero-order valence-electron chi connectivity index (χ0n) is 12.1. The lowest BCUT2D eigenvalue weighted by molar-refractivity contribution is 0.0946. The van der Waals surface area contributed by atoms with E-state index in [0.29, 0.717) is 24.4 Å². The van der Waals surface area contributed by atoms with Crippen LogP contribution in [0.2, 0.25) is 0 Å². The molecule has 0 aliphatic carbocycles. The first-order valence-corrected chi connectivity index (χ1v) is 6.60. The highest BCUT2D eigenvalue weighted by Crippen LogP contribution is 2.11. The lowest BCUT2D eigenvalue weighted by atomic mass is 10.0. The van der Waals surface area contributed by atoms with Gasteiger partial charge < -0.3 is 15.6 Å². The number of nitrogens with one attached hydrogen (secondary N) is 1. The molecule has 0 radical (unpaired) electrons. The first kappa shape index (κ1) is 14.8. The van der Waals surface area contributed by atoms with Gasteiger partial charge in [0, 0.05) is 17.2 Å². The van der Waals surface area contributed by atoms with Gasteiger partial charge in [-0.05, 0) is 31.5 Å². The Bertz CT molecular complexity index is 708. The molecule has 5 nitrogen and oxygen atoms in total. The number of carbonyl (C=O) groups excluding carboxylic acids is 1. The number of rotatable bonds is 3. The summed E-state index contributed by atoms with van der Waals surface area (Å²) in [6.07, 6.45) is 0. The van der Waals surface area contributed by atoms with Crippen LogP contribution in [0.25, 0.3) is 0 Å². The molecule has 1 amide bonds. The molecule has 1 aromatic heterocycles. The van der Waals surface area contributed by atoms with Crippen LogP contribution >= 0.6 is 0 Å². The molecule has 0 atom stereocenters. The van der Waals surface area contributed by atoms with Crippen molar-refractivity contribution < 1.29 is 9.32 Å². The van der Waals surface area contributed by atoms with E-state index in [9.17, 15) is 4.79 Å². The Kier molecular flexibility index (Phi) is 4.75. The third-order valence-electron chi connectivity index (χ3n) is 2.92. The summed E-state index contributed by atoms with van der Waals surface area (Å²) < 4.78 is 5.06. The van der Waals surface area contributed by atoms with E-state index in [4.69, 9.17) is 10.3 Å². The third-order valence-corrected chi connectivity index (χ3v) is 2.92. The Balaban J connectivity index is 2.10. The fourth-order valence-corrected chi connectivity index (χ4v) is 1.86. The molecule has 0 saturated heterocycles. The minimum absolute atomic E-state index is 0.169. The van der Waals surface area contributed by atoms with Crippen LogP contribution in [-0.4, -0.2) is 17.6 Å². The molecule has 0 aliphatic heterocycles. The Labute approximate surface area is 123 Å². The van der Waals surface area contributed by atoms with Crippen molar-refractivity contribution in [2.75, 3.05) is 6.54 Å². The highest BCUT2D eigenvalue weighted by Gasteiger charge is 2.10. The van der Waals surface area contributed by atoms with E-state index in [0.717, 1.165) is 16.8 Å². The summed E-state index contributed by atoms with van der Waals surface area (Å²) in [5.41, 5.74) is 8.39. The Morgan fingerprint density at radius 2 is 2.19 bits per heavy atom. The van der Waals surface area contributed by atoms with Crippen LogP contribution in [0.3, 0.4) is 0 Å². The normalized spacial score (nSPS) is 9.86. The Morgan fingerprint density at radius 1 is 1.38 bits per heavy atom. The molecule has 0 unspecified atom stereocenters. The molecule has 0 saturated carbocycles. The van der Waals surface area contributed by atoms with E-state index in [1.165, 1.54) is 0 Å². The van der Waals surface area contributed by atoms with Crippen LogP contribution in [0.5, 0.6) is 0 Å². The van der Waals surface area contributed by atoms with E-state index >= 15 is 0 Å². The smallest absolute Gasteiger partial charge is 0.251 e. The molecular formula is C16H17N3O2. The standard InChI is InChI=1S/C16H17N3O2/c1-11-5-6-13(4-3-7-17)9-15(11)16(20)18-10-14-8-12(2)19-21-14/h5-6,8-9H,7,10,17H2,1-2H3,(H,18,20). The summed E-state index contributed by atoms with van der Waals surface area (Å²) in [6.45, 7) is 4.31. The number of amides is 1. The van der Waals surface area contributed by atoms with Crippen molar-refractivity contribution >= 4 is 5.91 Å². The summed E-state index contributed by atoms with van der Waals surface area (Å²) >= 11 is 0. The van der Waals surface area contributed by atoms with Crippen molar-refractivity contribution in [3.05, 3.63) is 52.4 Å². The molecule has 0 bridgehead atoms. The molecule has 21 heavy (non-hydrogen) atoms. The van der Waals surface area contributed by atoms with Gasteiger partial charge in [0.05, 0.1) is 18.8 Å². The van der Waals surface area contributed by atoms with Gasteiger partial charge in [-0.1, -0.05) is 23.1 Å². The number of carbonyl (C=O) groups is 1. The van der Waals surface area contributed by atoms with E-state index in [-0.39, 0.29) is 5.91 Å². The lowest BCUT2D eigenvalue weighted by Crippen LogP contribution is -2.23. The average Bonchev–Trinajstić information content (AvgIpc) is 2.89. The Morgan fingerprint density at radius 3 is 2.86 bits per heavy atom. The zero-order valence-corrected chi connectivity index (χ0v) is 12.1. The van der Waals surface area contributed by atoms with E-state index in [1.54, 1.807) is 12.1 Å². The molecule has 2 rings (SSSR count). The van der Waals surface area contributed by atoms with Crippen LogP contribution in [0.1, 0.15) is 32.9 Å². The summed E-state index contributed by atoms with van der Waals surface area (Å²) in [4.78, 5) is 12.2. The van der Waals surface area contributed by atoms with Gasteiger partial charge in [0.1, 0.15) is 0 Å². The van der Waals surface area contributed by atoms with Gasteiger partial charge in [-0.2, -0.15) is 0 Å². The van der Waals surface area contributed by atoms with Gasteiger partial charge in [0.2, 0.25) is 0 Å². The summed E-state index contributed by atoms with van der Waals surface area (Å²) in [5.74, 6) is 6.15. The predicted octanol–water partition coefficient (Wildman–Crippen LogP) is 1.53. The third kappa shape index (κ3) is 3.94. The van der Waals surface area contributed by atoms with Crippen LogP contribution in [0, 0.1) is 25.7 Å². The van der Waals surface area contributed by atoms with Crippen molar-refractivity contribution in [1.29, 1.82) is 0 Å². The van der Waals surface area contributed by atoms with E-state index in [2.05, 4.69) is 22.3 Å². The van der Waals surface area contributed by atoms with Crippen molar-refractivity contribution in [2.45, 2.75) is 20.4 Å². The molecule has 2 aromatic rings. The lowest BCUT2D eigenvalue weighted by Gasteiger charge is -2.06. The first-order valence-electron chi connectivity index (χ1n) is 6.60. The fraction of sp³-hybridized carbons (Fsp3) is 0.250. The number of hydrogen-bond donors (Lipinski definition) is 2. The highest BCUT2D eigenvalue weighted by molar-refractivity contribution is 5.95. The van der Waals surface area contributed by atoms with Gasteiger partial charge >= 0.3 is 0 Å². The fourth-order valence-electron chi connectivity index (χ4n) is 1.86. The SMILES string of the molecule is Cc1cc(CNC(=O)c2cc(C#CCN)ccc2C)on1. The molecular weight excluding hydrogens is 266 g/mol. The van der Waals surface area contributed by atoms with Gasteiger partial charge in [0.25, 0.3) is 5.91 Å². The topological polar surface area (TPSA) is 81.2 Å². The molecule has 108 valence electrons. The Hall–Kier alpha value is -2.58. The number of benzene rings is 1. The first-order chi connectivity index (χ1) is 10.1. The van der Waals surface area contributed by atoms with Crippen molar-refractivity contribution in [2.24, 2.45) is 5.73 Å². The molecule has 1 aromatic carbocycles. The number of nitrogens with zero attached hydrogens (tertiary/aromatic N) is 1. The number of hydrogen-bond acceptors (Lipinski definition) is 4. The molecule has 0 spiro atoms. The van der Waals surface area contributed by atoms with E-state index in [1.807, 2.05) is 26.0 Å².